The van der Waals surface area contributed by atoms with E-state index in [1.54, 1.807) is 32.1 Å². The van der Waals surface area contributed by atoms with Crippen LogP contribution in [0.5, 0.6) is 0 Å². The van der Waals surface area contributed by atoms with Crippen LogP contribution in [0.25, 0.3) is 0 Å². The van der Waals surface area contributed by atoms with E-state index in [2.05, 4.69) is 25.3 Å². The summed E-state index contributed by atoms with van der Waals surface area (Å²) in [6, 6.07) is 0. The highest BCUT2D eigenvalue weighted by Gasteiger charge is 2.30. The van der Waals surface area contributed by atoms with E-state index in [1.165, 1.54) is 31.1 Å². The second-order valence-electron chi connectivity index (χ2n) is 5.93. The molecule has 0 spiro atoms. The average molecular weight is 248 g/mol. The number of hydrogen-bond acceptors (Lipinski definition) is 0. The van der Waals surface area contributed by atoms with Crippen LogP contribution in [-0.2, 0) is 0 Å². The van der Waals surface area contributed by atoms with Crippen LogP contribution in [-0.4, -0.2) is 0 Å². The van der Waals surface area contributed by atoms with Crippen molar-refractivity contribution in [2.75, 3.05) is 0 Å². The minimum absolute atomic E-state index is 0.771. The van der Waals surface area contributed by atoms with Gasteiger partial charge in [-0.05, 0) is 49.4 Å². The molecule has 0 nitrogen and oxygen atoms in total. The number of rotatable bonds is 2. The third-order valence-corrected chi connectivity index (χ3v) is 4.81. The Balaban J connectivity index is 0.000000161. The molecule has 0 heterocycles. The molecule has 0 radical (unpaired) electrons. The van der Waals surface area contributed by atoms with E-state index in [4.69, 9.17) is 0 Å². The largest absolute Gasteiger partial charge is 0.103 e. The van der Waals surface area contributed by atoms with Crippen LogP contribution in [0.4, 0.5) is 0 Å². The molecule has 2 unspecified atom stereocenters. The fourth-order valence-corrected chi connectivity index (χ4v) is 3.66. The summed E-state index contributed by atoms with van der Waals surface area (Å²) in [4.78, 5) is 0. The van der Waals surface area contributed by atoms with E-state index in [1.807, 2.05) is 13.8 Å². The van der Waals surface area contributed by atoms with E-state index in [9.17, 15) is 0 Å². The molecule has 0 saturated heterocycles. The van der Waals surface area contributed by atoms with Gasteiger partial charge < -0.3 is 0 Å². The lowest BCUT2D eigenvalue weighted by Gasteiger charge is -2.05. The summed E-state index contributed by atoms with van der Waals surface area (Å²) in [7, 11) is 0. The van der Waals surface area contributed by atoms with Gasteiger partial charge in [0.25, 0.3) is 0 Å². The predicted molar refractivity (Wildman–Crippen MR) is 82.6 cm³/mol. The predicted octanol–water partition coefficient (Wildman–Crippen LogP) is 6.00. The first-order valence-electron chi connectivity index (χ1n) is 8.07. The molecule has 3 aliphatic rings. The molecule has 2 atom stereocenters. The molecule has 0 N–H and O–H groups in total. The number of fused-ring (bicyclic) bond motifs is 2. The van der Waals surface area contributed by atoms with Gasteiger partial charge in [-0.25, -0.2) is 0 Å². The van der Waals surface area contributed by atoms with Crippen molar-refractivity contribution in [3.05, 3.63) is 25.3 Å². The van der Waals surface area contributed by atoms with Crippen LogP contribution in [0.3, 0.4) is 0 Å². The van der Waals surface area contributed by atoms with E-state index in [-0.39, 0.29) is 0 Å². The van der Waals surface area contributed by atoms with Gasteiger partial charge in [-0.1, -0.05) is 51.7 Å². The minimum atomic E-state index is 0.771. The average Bonchev–Trinajstić information content (AvgIpc) is 3.18. The molecular weight excluding hydrogens is 216 g/mol. The number of allylic oxidation sites excluding steroid dienone is 2. The van der Waals surface area contributed by atoms with Crippen LogP contribution < -0.4 is 0 Å². The van der Waals surface area contributed by atoms with Crippen molar-refractivity contribution in [2.24, 2.45) is 23.7 Å². The van der Waals surface area contributed by atoms with E-state index in [0.29, 0.717) is 0 Å². The molecule has 3 aliphatic carbocycles. The second kappa shape index (κ2) is 8.56. The standard InChI is InChI=1S/C9H14.C7H12.C2H6/c1-3-8-5-6-9(4-2)7-8;1-2-7-4-3-6(1)5-7;1-2/h3-4,8-9H,1-2,5-7H2;6-7H,1-5H2;1-2H3. The Kier molecular flexibility index (Phi) is 7.39. The molecule has 3 rings (SSSR count). The Bertz CT molecular complexity index is 208. The van der Waals surface area contributed by atoms with Crippen molar-refractivity contribution in [1.29, 1.82) is 0 Å². The van der Waals surface area contributed by atoms with Crippen molar-refractivity contribution < 1.29 is 0 Å². The molecule has 0 amide bonds. The van der Waals surface area contributed by atoms with Crippen molar-refractivity contribution >= 4 is 0 Å². The summed E-state index contributed by atoms with van der Waals surface area (Å²) in [5.74, 6) is 3.89. The summed E-state index contributed by atoms with van der Waals surface area (Å²) in [5, 5.41) is 0. The Hall–Kier alpha value is -0.520. The van der Waals surface area contributed by atoms with Gasteiger partial charge in [0.2, 0.25) is 0 Å². The maximum Gasteiger partial charge on any atom is -0.0230 e. The van der Waals surface area contributed by atoms with Gasteiger partial charge in [-0.15, -0.1) is 13.2 Å². The third kappa shape index (κ3) is 4.63. The normalized spacial score (nSPS) is 36.1. The summed E-state index contributed by atoms with van der Waals surface area (Å²) in [6.45, 7) is 11.6. The van der Waals surface area contributed by atoms with Gasteiger partial charge in [0, 0.05) is 0 Å². The van der Waals surface area contributed by atoms with Crippen LogP contribution >= 0.6 is 0 Å². The van der Waals surface area contributed by atoms with Crippen molar-refractivity contribution in [1.82, 2.24) is 0 Å². The fraction of sp³-hybridized carbons (Fsp3) is 0.778. The maximum absolute atomic E-state index is 3.78. The molecule has 0 aromatic carbocycles. The third-order valence-electron chi connectivity index (χ3n) is 4.81. The lowest BCUT2D eigenvalue weighted by Crippen LogP contribution is -1.90. The Labute approximate surface area is 115 Å². The van der Waals surface area contributed by atoms with Gasteiger partial charge in [0.1, 0.15) is 0 Å². The minimum Gasteiger partial charge on any atom is -0.103 e. The molecule has 3 saturated carbocycles. The first-order chi connectivity index (χ1) is 8.81. The van der Waals surface area contributed by atoms with Gasteiger partial charge in [0.15, 0.2) is 0 Å². The quantitative estimate of drug-likeness (QED) is 0.526. The Morgan fingerprint density at radius 3 is 1.22 bits per heavy atom. The van der Waals surface area contributed by atoms with Gasteiger partial charge in [-0.2, -0.15) is 0 Å². The topological polar surface area (TPSA) is 0 Å². The van der Waals surface area contributed by atoms with Crippen molar-refractivity contribution in [2.45, 2.75) is 65.2 Å². The zero-order chi connectivity index (χ0) is 13.4. The van der Waals surface area contributed by atoms with Crippen LogP contribution in [0.15, 0.2) is 25.3 Å². The molecule has 0 heteroatoms. The molecule has 0 aromatic rings. The van der Waals surface area contributed by atoms with E-state index >= 15 is 0 Å². The van der Waals surface area contributed by atoms with Gasteiger partial charge >= 0.3 is 0 Å². The summed E-state index contributed by atoms with van der Waals surface area (Å²) >= 11 is 0. The lowest BCUT2D eigenvalue weighted by atomic mass is 10.0. The SMILES string of the molecule is C1CC2CCC1C2.C=CC1CCC(C=C)C1.CC. The highest BCUT2D eigenvalue weighted by molar-refractivity contribution is 4.92. The molecular formula is C18H32. The maximum atomic E-state index is 3.78. The first kappa shape index (κ1) is 15.5. The zero-order valence-electron chi connectivity index (χ0n) is 12.5. The second-order valence-corrected chi connectivity index (χ2v) is 5.93. The van der Waals surface area contributed by atoms with Crippen molar-refractivity contribution in [3.63, 3.8) is 0 Å². The summed E-state index contributed by atoms with van der Waals surface area (Å²) in [5.41, 5.74) is 0. The van der Waals surface area contributed by atoms with Crippen molar-refractivity contribution in [3.8, 4) is 0 Å². The first-order valence-corrected chi connectivity index (χ1v) is 8.07. The molecule has 0 aliphatic heterocycles. The summed E-state index contributed by atoms with van der Waals surface area (Å²) in [6.07, 6.45) is 15.9. The fourth-order valence-electron chi connectivity index (χ4n) is 3.66. The van der Waals surface area contributed by atoms with E-state index < -0.39 is 0 Å². The van der Waals surface area contributed by atoms with Gasteiger partial charge in [0.05, 0.1) is 0 Å². The molecule has 2 bridgehead atoms. The number of hydrogen-bond donors (Lipinski definition) is 0. The van der Waals surface area contributed by atoms with E-state index in [0.717, 1.165) is 11.8 Å². The molecule has 104 valence electrons. The van der Waals surface area contributed by atoms with Crippen LogP contribution in [0, 0.1) is 23.7 Å². The Morgan fingerprint density at radius 2 is 1.06 bits per heavy atom. The zero-order valence-corrected chi connectivity index (χ0v) is 12.5. The smallest absolute Gasteiger partial charge is 0.0230 e. The molecule has 18 heavy (non-hydrogen) atoms. The van der Waals surface area contributed by atoms with Crippen LogP contribution in [0.2, 0.25) is 0 Å². The lowest BCUT2D eigenvalue weighted by molar-refractivity contribution is 0.480. The van der Waals surface area contributed by atoms with Crippen LogP contribution in [0.1, 0.15) is 65.2 Å². The highest BCUT2D eigenvalue weighted by atomic mass is 14.4. The molecule has 3 fully saturated rings. The monoisotopic (exact) mass is 248 g/mol. The summed E-state index contributed by atoms with van der Waals surface area (Å²) < 4.78 is 0. The molecule has 0 aromatic heterocycles. The highest BCUT2D eigenvalue weighted by Crippen LogP contribution is 2.43. The van der Waals surface area contributed by atoms with Gasteiger partial charge in [-0.3, -0.25) is 0 Å². The Morgan fingerprint density at radius 1 is 0.667 bits per heavy atom.